The largest absolute Gasteiger partial charge is 0.497 e. The molecular weight excluding hydrogens is 384 g/mol. The summed E-state index contributed by atoms with van der Waals surface area (Å²) in [6.07, 6.45) is 3.51. The quantitative estimate of drug-likeness (QED) is 0.709. The number of methoxy groups -OCH3 is 2. The van der Waals surface area contributed by atoms with E-state index in [-0.39, 0.29) is 23.3 Å². The normalized spacial score (nSPS) is 42.3. The van der Waals surface area contributed by atoms with Gasteiger partial charge in [-0.15, -0.1) is 0 Å². The molecular formula is C23H28N2O5. The van der Waals surface area contributed by atoms with Gasteiger partial charge in [-0.1, -0.05) is 13.0 Å². The minimum atomic E-state index is -1.09. The lowest BCUT2D eigenvalue weighted by atomic mass is 9.49. The Labute approximate surface area is 176 Å². The molecule has 1 amide bonds. The number of carbonyl (C=O) groups excluding carboxylic acids is 2. The van der Waals surface area contributed by atoms with Crippen molar-refractivity contribution in [1.29, 1.82) is 0 Å². The molecule has 160 valence electrons. The molecule has 5 aliphatic heterocycles. The number of anilines is 1. The molecule has 5 atom stereocenters. The Hall–Kier alpha value is -2.28. The fourth-order valence-corrected chi connectivity index (χ4v) is 8.20. The molecule has 0 N–H and O–H groups in total. The third-order valence-corrected chi connectivity index (χ3v) is 9.05. The van der Waals surface area contributed by atoms with Crippen molar-refractivity contribution in [1.82, 2.24) is 4.90 Å². The molecule has 7 nitrogen and oxygen atoms in total. The smallest absolute Gasteiger partial charge is 0.340 e. The van der Waals surface area contributed by atoms with Crippen LogP contribution in [0.15, 0.2) is 18.2 Å². The molecule has 1 aromatic carbocycles. The third-order valence-electron chi connectivity index (χ3n) is 9.05. The van der Waals surface area contributed by atoms with Crippen molar-refractivity contribution in [2.24, 2.45) is 5.41 Å². The fourth-order valence-electron chi connectivity index (χ4n) is 8.20. The minimum absolute atomic E-state index is 0.141. The Bertz CT molecular complexity index is 996. The number of hydrogen-bond acceptors (Lipinski definition) is 6. The van der Waals surface area contributed by atoms with Crippen molar-refractivity contribution in [3.8, 4) is 5.75 Å². The highest BCUT2D eigenvalue weighted by Gasteiger charge is 2.91. The molecule has 7 heteroatoms. The van der Waals surface area contributed by atoms with Crippen LogP contribution in [0.3, 0.4) is 0 Å². The first-order chi connectivity index (χ1) is 14.4. The lowest BCUT2D eigenvalue weighted by molar-refractivity contribution is -0.211. The number of amides is 1. The van der Waals surface area contributed by atoms with Crippen molar-refractivity contribution >= 4 is 17.6 Å². The Morgan fingerprint density at radius 2 is 2.10 bits per heavy atom. The minimum Gasteiger partial charge on any atom is -0.497 e. The number of piperidine rings is 1. The number of esters is 1. The lowest BCUT2D eigenvalue weighted by Gasteiger charge is -2.57. The number of carbonyl (C=O) groups is 2. The van der Waals surface area contributed by atoms with Crippen LogP contribution < -0.4 is 9.64 Å². The van der Waals surface area contributed by atoms with E-state index in [0.29, 0.717) is 19.4 Å². The van der Waals surface area contributed by atoms with Gasteiger partial charge in [-0.25, -0.2) is 4.79 Å². The number of fused-ring (bicyclic) bond motifs is 3. The van der Waals surface area contributed by atoms with E-state index in [9.17, 15) is 9.59 Å². The van der Waals surface area contributed by atoms with E-state index < -0.39 is 16.7 Å². The molecule has 2 spiro atoms. The molecule has 5 aliphatic rings. The number of nitrogens with zero attached hydrogens (tertiary/aromatic N) is 2. The third kappa shape index (κ3) is 1.52. The summed E-state index contributed by atoms with van der Waals surface area (Å²) in [5, 5.41) is 0. The summed E-state index contributed by atoms with van der Waals surface area (Å²) in [4.78, 5) is 30.7. The van der Waals surface area contributed by atoms with Crippen molar-refractivity contribution in [3.63, 3.8) is 0 Å². The van der Waals surface area contributed by atoms with Crippen LogP contribution in [-0.4, -0.2) is 62.0 Å². The number of likely N-dealkylation sites (N-methyl/N-ethyl adjacent to an activating group) is 1. The fraction of sp³-hybridized carbons (Fsp3) is 0.652. The van der Waals surface area contributed by atoms with Crippen LogP contribution in [0.25, 0.3) is 0 Å². The summed E-state index contributed by atoms with van der Waals surface area (Å²) < 4.78 is 17.8. The van der Waals surface area contributed by atoms with Crippen LogP contribution in [-0.2, 0) is 24.5 Å². The Kier molecular flexibility index (Phi) is 3.27. The molecule has 4 saturated heterocycles. The maximum atomic E-state index is 13.4. The van der Waals surface area contributed by atoms with Gasteiger partial charge in [0.2, 0.25) is 5.91 Å². The van der Waals surface area contributed by atoms with Crippen LogP contribution >= 0.6 is 0 Å². The second-order valence-electron chi connectivity index (χ2n) is 9.60. The average Bonchev–Trinajstić information content (AvgIpc) is 3.42. The highest BCUT2D eigenvalue weighted by atomic mass is 16.6. The van der Waals surface area contributed by atoms with Gasteiger partial charge in [-0.05, 0) is 37.3 Å². The summed E-state index contributed by atoms with van der Waals surface area (Å²) in [6.45, 7) is 2.83. The topological polar surface area (TPSA) is 68.3 Å². The summed E-state index contributed by atoms with van der Waals surface area (Å²) >= 11 is 0. The zero-order chi connectivity index (χ0) is 21.1. The van der Waals surface area contributed by atoms with Crippen LogP contribution in [0.4, 0.5) is 5.69 Å². The number of benzene rings is 1. The Morgan fingerprint density at radius 1 is 1.30 bits per heavy atom. The molecule has 6 rings (SSSR count). The molecule has 1 aromatic rings. The van der Waals surface area contributed by atoms with Crippen LogP contribution in [0.2, 0.25) is 0 Å². The van der Waals surface area contributed by atoms with E-state index >= 15 is 0 Å². The molecule has 0 aromatic heterocycles. The van der Waals surface area contributed by atoms with Gasteiger partial charge in [0, 0.05) is 37.2 Å². The standard InChI is InChI=1S/C23H28N2O5/c1-5-20-9-8-17(26)25-11-10-21-15-7-6-14(28-3)12-16(15)24(2)18(21)22(13-20,19(27)29-4)30-23(20,21)25/h6-7,12,18H,5,8-11,13H2,1-4H3/t18-,20+,21+,22-,23+/m1/s1. The number of ether oxygens (including phenoxy) is 3. The summed E-state index contributed by atoms with van der Waals surface area (Å²) in [5.74, 6) is 0.602. The van der Waals surface area contributed by atoms with Crippen molar-refractivity contribution in [3.05, 3.63) is 23.8 Å². The molecule has 5 heterocycles. The van der Waals surface area contributed by atoms with Gasteiger partial charge in [0.1, 0.15) is 5.75 Å². The predicted molar refractivity (Wildman–Crippen MR) is 108 cm³/mol. The Balaban J connectivity index is 1.70. The van der Waals surface area contributed by atoms with Crippen LogP contribution in [0.5, 0.6) is 5.75 Å². The van der Waals surface area contributed by atoms with E-state index in [2.05, 4.69) is 17.9 Å². The lowest BCUT2D eigenvalue weighted by Crippen LogP contribution is -2.71. The Morgan fingerprint density at radius 3 is 2.80 bits per heavy atom. The van der Waals surface area contributed by atoms with Gasteiger partial charge in [0.15, 0.2) is 11.3 Å². The number of hydrogen-bond donors (Lipinski definition) is 0. The summed E-state index contributed by atoms with van der Waals surface area (Å²) in [7, 11) is 5.13. The van der Waals surface area contributed by atoms with Crippen LogP contribution in [0, 0.1) is 5.41 Å². The first-order valence-corrected chi connectivity index (χ1v) is 10.9. The number of rotatable bonds is 3. The average molecular weight is 412 g/mol. The van der Waals surface area contributed by atoms with Crippen molar-refractivity contribution < 1.29 is 23.8 Å². The zero-order valence-electron chi connectivity index (χ0n) is 18.0. The maximum absolute atomic E-state index is 13.4. The highest BCUT2D eigenvalue weighted by molar-refractivity contribution is 5.90. The highest BCUT2D eigenvalue weighted by Crippen LogP contribution is 2.79. The van der Waals surface area contributed by atoms with Gasteiger partial charge in [0.05, 0.1) is 25.7 Å². The molecule has 0 unspecified atom stereocenters. The van der Waals surface area contributed by atoms with Gasteiger partial charge in [0.25, 0.3) is 0 Å². The van der Waals surface area contributed by atoms with E-state index in [4.69, 9.17) is 14.2 Å². The first kappa shape index (κ1) is 18.5. The maximum Gasteiger partial charge on any atom is 0.340 e. The molecule has 0 radical (unpaired) electrons. The zero-order valence-corrected chi connectivity index (χ0v) is 18.0. The molecule has 2 bridgehead atoms. The SMILES string of the molecule is CC[C@]12CCC(=O)N3CC[C@]45c6ccc(OC)cc6N(C)[C@H]4[C@@](C(=O)OC)(C1)O[C@@]325. The molecule has 30 heavy (non-hydrogen) atoms. The van der Waals surface area contributed by atoms with Gasteiger partial charge in [-0.3, -0.25) is 4.79 Å². The van der Waals surface area contributed by atoms with Crippen molar-refractivity contribution in [2.75, 3.05) is 32.7 Å². The van der Waals surface area contributed by atoms with Gasteiger partial charge < -0.3 is 24.0 Å². The second kappa shape index (κ2) is 5.31. The predicted octanol–water partition coefficient (Wildman–Crippen LogP) is 2.22. The summed E-state index contributed by atoms with van der Waals surface area (Å²) in [5.41, 5.74) is -0.392. The van der Waals surface area contributed by atoms with Crippen LogP contribution in [0.1, 0.15) is 44.6 Å². The van der Waals surface area contributed by atoms with Gasteiger partial charge in [-0.2, -0.15) is 0 Å². The van der Waals surface area contributed by atoms with E-state index in [1.807, 2.05) is 24.1 Å². The first-order valence-electron chi connectivity index (χ1n) is 10.9. The molecule has 4 fully saturated rings. The summed E-state index contributed by atoms with van der Waals surface area (Å²) in [6, 6.07) is 5.94. The van der Waals surface area contributed by atoms with E-state index in [1.54, 1.807) is 7.11 Å². The molecule has 0 saturated carbocycles. The van der Waals surface area contributed by atoms with E-state index in [0.717, 1.165) is 36.3 Å². The second-order valence-corrected chi connectivity index (χ2v) is 9.60. The molecule has 0 aliphatic carbocycles. The van der Waals surface area contributed by atoms with Crippen molar-refractivity contribution in [2.45, 2.75) is 61.8 Å². The van der Waals surface area contributed by atoms with Gasteiger partial charge >= 0.3 is 5.97 Å². The van der Waals surface area contributed by atoms with E-state index in [1.165, 1.54) is 7.11 Å². The monoisotopic (exact) mass is 412 g/mol.